The lowest BCUT2D eigenvalue weighted by Gasteiger charge is -2.20. The molecule has 0 saturated heterocycles. The molecule has 17 heavy (non-hydrogen) atoms. The van der Waals surface area contributed by atoms with Crippen molar-refractivity contribution in [3.63, 3.8) is 0 Å². The van der Waals surface area contributed by atoms with Crippen LogP contribution in [0.3, 0.4) is 0 Å². The predicted octanol–water partition coefficient (Wildman–Crippen LogP) is -0.931. The van der Waals surface area contributed by atoms with Crippen LogP contribution in [-0.2, 0) is 19.1 Å². The Morgan fingerprint density at radius 3 is 2.47 bits per heavy atom. The number of esters is 1. The van der Waals surface area contributed by atoms with Crippen molar-refractivity contribution in [3.8, 4) is 6.07 Å². The first kappa shape index (κ1) is 14.9. The van der Waals surface area contributed by atoms with Crippen LogP contribution < -0.4 is 11.1 Å². The average molecular weight is 241 g/mol. The van der Waals surface area contributed by atoms with Gasteiger partial charge >= 0.3 is 5.97 Å². The van der Waals surface area contributed by atoms with Gasteiger partial charge in [-0.05, 0) is 5.92 Å². The van der Waals surface area contributed by atoms with Gasteiger partial charge in [0.15, 0.2) is 6.61 Å². The summed E-state index contributed by atoms with van der Waals surface area (Å²) in [4.78, 5) is 32.8. The Kier molecular flexibility index (Phi) is 6.33. The number of carbonyl (C=O) groups is 3. The highest BCUT2D eigenvalue weighted by atomic mass is 16.5. The van der Waals surface area contributed by atoms with Gasteiger partial charge in [-0.2, -0.15) is 5.26 Å². The molecule has 0 aromatic heterocycles. The van der Waals surface area contributed by atoms with E-state index in [1.807, 2.05) is 6.07 Å². The molecule has 0 spiro atoms. The number of ether oxygens (including phenoxy) is 1. The molecular formula is C10H15N3O4. The summed E-state index contributed by atoms with van der Waals surface area (Å²) >= 11 is 0. The molecule has 94 valence electrons. The van der Waals surface area contributed by atoms with E-state index in [1.165, 1.54) is 0 Å². The zero-order chi connectivity index (χ0) is 13.4. The number of primary amides is 1. The molecule has 0 saturated carbocycles. The lowest BCUT2D eigenvalue weighted by Crippen LogP contribution is -2.49. The Morgan fingerprint density at radius 1 is 1.47 bits per heavy atom. The summed E-state index contributed by atoms with van der Waals surface area (Å²) in [6.45, 7) is 2.31. The van der Waals surface area contributed by atoms with Crippen molar-refractivity contribution in [2.45, 2.75) is 26.3 Å². The number of nitrogens with one attached hydrogen (secondary N) is 1. The zero-order valence-electron chi connectivity index (χ0n) is 9.73. The van der Waals surface area contributed by atoms with Crippen molar-refractivity contribution in [3.05, 3.63) is 0 Å². The molecule has 0 aliphatic carbocycles. The molecule has 0 aromatic carbocycles. The van der Waals surface area contributed by atoms with Gasteiger partial charge in [-0.1, -0.05) is 6.92 Å². The first-order chi connectivity index (χ1) is 7.88. The van der Waals surface area contributed by atoms with E-state index in [-0.39, 0.29) is 6.42 Å². The van der Waals surface area contributed by atoms with Crippen LogP contribution in [0.5, 0.6) is 0 Å². The van der Waals surface area contributed by atoms with Crippen LogP contribution in [-0.4, -0.2) is 30.4 Å². The molecule has 2 amide bonds. The second-order valence-corrected chi connectivity index (χ2v) is 3.57. The standard InChI is InChI=1S/C10H15N3O4/c1-6(3-4-11)9(10(12)16)13-8(15)5-17-7(2)14/h6,9H,3,5H2,1-2H3,(H2,12,16)(H,13,15)/t6-,9-/m0/s1. The third-order valence-corrected chi connectivity index (χ3v) is 2.01. The molecule has 0 heterocycles. The number of hydrogen-bond donors (Lipinski definition) is 2. The highest BCUT2D eigenvalue weighted by Crippen LogP contribution is 2.07. The first-order valence-corrected chi connectivity index (χ1v) is 4.97. The van der Waals surface area contributed by atoms with Gasteiger partial charge in [-0.3, -0.25) is 14.4 Å². The van der Waals surface area contributed by atoms with Crippen LogP contribution in [0.25, 0.3) is 0 Å². The van der Waals surface area contributed by atoms with Gasteiger partial charge in [0, 0.05) is 13.3 Å². The van der Waals surface area contributed by atoms with E-state index in [4.69, 9.17) is 11.0 Å². The zero-order valence-corrected chi connectivity index (χ0v) is 9.73. The maximum absolute atomic E-state index is 11.3. The number of hydrogen-bond acceptors (Lipinski definition) is 5. The summed E-state index contributed by atoms with van der Waals surface area (Å²) in [7, 11) is 0. The normalized spacial score (nSPS) is 13.0. The van der Waals surface area contributed by atoms with E-state index >= 15 is 0 Å². The predicted molar refractivity (Wildman–Crippen MR) is 57.2 cm³/mol. The number of carbonyl (C=O) groups excluding carboxylic acids is 3. The largest absolute Gasteiger partial charge is 0.456 e. The maximum Gasteiger partial charge on any atom is 0.303 e. The minimum Gasteiger partial charge on any atom is -0.456 e. The van der Waals surface area contributed by atoms with Crippen LogP contribution in [0.15, 0.2) is 0 Å². The van der Waals surface area contributed by atoms with E-state index < -0.39 is 36.4 Å². The topological polar surface area (TPSA) is 122 Å². The number of nitriles is 1. The number of amides is 2. The molecule has 0 aliphatic heterocycles. The van der Waals surface area contributed by atoms with Gasteiger partial charge in [0.25, 0.3) is 5.91 Å². The fraction of sp³-hybridized carbons (Fsp3) is 0.600. The molecule has 0 radical (unpaired) electrons. The van der Waals surface area contributed by atoms with Crippen molar-refractivity contribution in [1.82, 2.24) is 5.32 Å². The van der Waals surface area contributed by atoms with Gasteiger partial charge in [-0.15, -0.1) is 0 Å². The summed E-state index contributed by atoms with van der Waals surface area (Å²) < 4.78 is 4.46. The molecule has 7 nitrogen and oxygen atoms in total. The highest BCUT2D eigenvalue weighted by Gasteiger charge is 2.24. The molecule has 0 aromatic rings. The van der Waals surface area contributed by atoms with Crippen LogP contribution in [0.1, 0.15) is 20.3 Å². The fourth-order valence-corrected chi connectivity index (χ4v) is 1.14. The van der Waals surface area contributed by atoms with Crippen LogP contribution in [0.2, 0.25) is 0 Å². The first-order valence-electron chi connectivity index (χ1n) is 4.97. The Bertz CT molecular complexity index is 348. The van der Waals surface area contributed by atoms with E-state index in [9.17, 15) is 14.4 Å². The second kappa shape index (κ2) is 7.22. The minimum atomic E-state index is -0.947. The van der Waals surface area contributed by atoms with Gasteiger partial charge < -0.3 is 15.8 Å². The van der Waals surface area contributed by atoms with Crippen molar-refractivity contribution in [1.29, 1.82) is 5.26 Å². The maximum atomic E-state index is 11.3. The average Bonchev–Trinajstić information content (AvgIpc) is 2.22. The molecule has 0 unspecified atom stereocenters. The monoisotopic (exact) mass is 241 g/mol. The van der Waals surface area contributed by atoms with Crippen LogP contribution in [0, 0.1) is 17.2 Å². The van der Waals surface area contributed by atoms with E-state index in [2.05, 4.69) is 10.1 Å². The Morgan fingerprint density at radius 2 is 2.06 bits per heavy atom. The Balaban J connectivity index is 4.35. The molecule has 2 atom stereocenters. The molecule has 7 heteroatoms. The summed E-state index contributed by atoms with van der Waals surface area (Å²) in [5.74, 6) is -2.36. The summed E-state index contributed by atoms with van der Waals surface area (Å²) in [6.07, 6.45) is 0.0848. The molecule has 0 aliphatic rings. The third-order valence-electron chi connectivity index (χ3n) is 2.01. The van der Waals surface area contributed by atoms with Gasteiger partial charge in [0.2, 0.25) is 5.91 Å². The molecule has 3 N–H and O–H groups in total. The summed E-state index contributed by atoms with van der Waals surface area (Å²) in [6, 6.07) is 0.935. The fourth-order valence-electron chi connectivity index (χ4n) is 1.14. The van der Waals surface area contributed by atoms with Crippen molar-refractivity contribution < 1.29 is 19.1 Å². The van der Waals surface area contributed by atoms with E-state index in [0.29, 0.717) is 0 Å². The Labute approximate surface area is 98.9 Å². The summed E-state index contributed by atoms with van der Waals surface area (Å²) in [5, 5.41) is 10.8. The van der Waals surface area contributed by atoms with Gasteiger partial charge in [0.1, 0.15) is 6.04 Å². The smallest absolute Gasteiger partial charge is 0.303 e. The van der Waals surface area contributed by atoms with Crippen LogP contribution >= 0.6 is 0 Å². The number of rotatable bonds is 6. The quantitative estimate of drug-likeness (QED) is 0.581. The van der Waals surface area contributed by atoms with Gasteiger partial charge in [-0.25, -0.2) is 0 Å². The molecular weight excluding hydrogens is 226 g/mol. The Hall–Kier alpha value is -2.10. The molecule has 0 bridgehead atoms. The lowest BCUT2D eigenvalue weighted by molar-refractivity contribution is -0.146. The van der Waals surface area contributed by atoms with Gasteiger partial charge in [0.05, 0.1) is 6.07 Å². The lowest BCUT2D eigenvalue weighted by atomic mass is 9.98. The van der Waals surface area contributed by atoms with Crippen molar-refractivity contribution >= 4 is 17.8 Å². The molecule has 0 rings (SSSR count). The summed E-state index contributed by atoms with van der Waals surface area (Å²) in [5.41, 5.74) is 5.10. The SMILES string of the molecule is CC(=O)OCC(=O)N[C@H](C(N)=O)[C@@H](C)CC#N. The second-order valence-electron chi connectivity index (χ2n) is 3.57. The molecule has 0 fully saturated rings. The highest BCUT2D eigenvalue weighted by molar-refractivity contribution is 5.88. The number of nitrogens with zero attached hydrogens (tertiary/aromatic N) is 1. The van der Waals surface area contributed by atoms with Crippen molar-refractivity contribution in [2.75, 3.05) is 6.61 Å². The van der Waals surface area contributed by atoms with E-state index in [0.717, 1.165) is 6.92 Å². The van der Waals surface area contributed by atoms with Crippen molar-refractivity contribution in [2.24, 2.45) is 11.7 Å². The number of nitrogens with two attached hydrogens (primary N) is 1. The van der Waals surface area contributed by atoms with E-state index in [1.54, 1.807) is 6.92 Å². The third kappa shape index (κ3) is 6.14. The van der Waals surface area contributed by atoms with Crippen LogP contribution in [0.4, 0.5) is 0 Å². The minimum absolute atomic E-state index is 0.0848.